The van der Waals surface area contributed by atoms with Crippen molar-refractivity contribution in [2.24, 2.45) is 0 Å². The summed E-state index contributed by atoms with van der Waals surface area (Å²) in [6.07, 6.45) is 0. The molecule has 0 atom stereocenters. The van der Waals surface area contributed by atoms with Gasteiger partial charge in [-0.1, -0.05) is 36.9 Å². The Labute approximate surface area is 152 Å². The maximum atomic E-state index is 4.33. The Morgan fingerprint density at radius 1 is 0.600 bits per heavy atom. The fraction of sp³-hybridized carbons (Fsp3) is 0.167. The highest BCUT2D eigenvalue weighted by atomic mass is 31.2. The van der Waals surface area contributed by atoms with Gasteiger partial charge in [-0.15, -0.1) is 0 Å². The Hall–Kier alpha value is -2.17. The van der Waals surface area contributed by atoms with Gasteiger partial charge in [-0.05, 0) is 86.3 Å². The van der Waals surface area contributed by atoms with Crippen molar-refractivity contribution in [3.63, 3.8) is 0 Å². The minimum atomic E-state index is -1.88. The van der Waals surface area contributed by atoms with E-state index in [9.17, 15) is 0 Å². The van der Waals surface area contributed by atoms with E-state index >= 15 is 0 Å². The van der Waals surface area contributed by atoms with E-state index < -0.39 is 7.26 Å². The first-order valence-electron chi connectivity index (χ1n) is 8.71. The summed E-state index contributed by atoms with van der Waals surface area (Å²) in [5.74, 6) is 2.21. The average molecular weight is 345 g/mol. The summed E-state index contributed by atoms with van der Waals surface area (Å²) in [4.78, 5) is 0. The Balaban J connectivity index is 2.40. The standard InChI is InChI=1S/C24H26P/c1-6-25(22-10-8-7-9-11-22,23-14-18(2)12-19(3)15-23)24-16-20(4)13-21(5)17-24/h6-17H,1H2,2-5H3/q+1. The van der Waals surface area contributed by atoms with E-state index in [0.717, 1.165) is 0 Å². The summed E-state index contributed by atoms with van der Waals surface area (Å²) in [6.45, 7) is 13.1. The van der Waals surface area contributed by atoms with Gasteiger partial charge in [0.2, 0.25) is 0 Å². The molecule has 0 heterocycles. The van der Waals surface area contributed by atoms with E-state index in [1.807, 2.05) is 0 Å². The molecule has 1 heteroatoms. The fourth-order valence-electron chi connectivity index (χ4n) is 3.74. The zero-order valence-corrected chi connectivity index (χ0v) is 16.5. The molecule has 3 rings (SSSR count). The lowest BCUT2D eigenvalue weighted by atomic mass is 10.2. The number of benzene rings is 3. The molecule has 126 valence electrons. The first-order valence-corrected chi connectivity index (χ1v) is 10.6. The molecule has 0 N–H and O–H groups in total. The van der Waals surface area contributed by atoms with E-state index in [2.05, 4.69) is 107 Å². The van der Waals surface area contributed by atoms with Gasteiger partial charge in [0.25, 0.3) is 0 Å². The molecule has 0 saturated carbocycles. The molecule has 0 fully saturated rings. The van der Waals surface area contributed by atoms with E-state index in [1.54, 1.807) is 0 Å². The molecule has 0 unspecified atom stereocenters. The van der Waals surface area contributed by atoms with Gasteiger partial charge >= 0.3 is 0 Å². The van der Waals surface area contributed by atoms with Crippen LogP contribution in [0.15, 0.2) is 79.1 Å². The second-order valence-corrected chi connectivity index (χ2v) is 10.3. The van der Waals surface area contributed by atoms with E-state index in [4.69, 9.17) is 0 Å². The summed E-state index contributed by atoms with van der Waals surface area (Å²) in [6, 6.07) is 24.7. The van der Waals surface area contributed by atoms with Crippen LogP contribution in [0.2, 0.25) is 0 Å². The molecular formula is C24H26P+. The van der Waals surface area contributed by atoms with Gasteiger partial charge in [-0.2, -0.15) is 0 Å². The highest BCUT2D eigenvalue weighted by Crippen LogP contribution is 2.56. The predicted molar refractivity (Wildman–Crippen MR) is 114 cm³/mol. The fourth-order valence-corrected chi connectivity index (χ4v) is 7.53. The zero-order chi connectivity index (χ0) is 18.0. The van der Waals surface area contributed by atoms with Gasteiger partial charge in [0.15, 0.2) is 0 Å². The zero-order valence-electron chi connectivity index (χ0n) is 15.6. The molecule has 0 amide bonds. The van der Waals surface area contributed by atoms with E-state index in [1.165, 1.54) is 38.2 Å². The number of aryl methyl sites for hydroxylation is 4. The third kappa shape index (κ3) is 3.32. The first-order chi connectivity index (χ1) is 12.0. The molecule has 0 aliphatic carbocycles. The molecular weight excluding hydrogens is 319 g/mol. The van der Waals surface area contributed by atoms with Crippen molar-refractivity contribution < 1.29 is 0 Å². The van der Waals surface area contributed by atoms with Crippen molar-refractivity contribution in [1.29, 1.82) is 0 Å². The third-order valence-corrected chi connectivity index (χ3v) is 8.47. The molecule has 0 saturated heterocycles. The van der Waals surface area contributed by atoms with Crippen LogP contribution in [0.1, 0.15) is 22.3 Å². The van der Waals surface area contributed by atoms with Gasteiger partial charge in [0.1, 0.15) is 23.2 Å². The number of rotatable bonds is 4. The Bertz CT molecular complexity index is 815. The molecule has 25 heavy (non-hydrogen) atoms. The Morgan fingerprint density at radius 3 is 1.36 bits per heavy atom. The van der Waals surface area contributed by atoms with Crippen molar-refractivity contribution in [3.05, 3.63) is 101 Å². The molecule has 0 spiro atoms. The van der Waals surface area contributed by atoms with Crippen molar-refractivity contribution in [3.8, 4) is 0 Å². The third-order valence-electron chi connectivity index (χ3n) is 4.66. The van der Waals surface area contributed by atoms with Crippen molar-refractivity contribution >= 4 is 23.2 Å². The van der Waals surface area contributed by atoms with E-state index in [-0.39, 0.29) is 0 Å². The van der Waals surface area contributed by atoms with Crippen LogP contribution in [0.25, 0.3) is 0 Å². The molecule has 3 aromatic rings. The smallest absolute Gasteiger partial charge is 0.0627 e. The predicted octanol–water partition coefficient (Wildman–Crippen LogP) is 5.36. The summed E-state index contributed by atoms with van der Waals surface area (Å²) in [5.41, 5.74) is 5.23. The highest BCUT2D eigenvalue weighted by molar-refractivity contribution is 7.98. The quantitative estimate of drug-likeness (QED) is 0.559. The summed E-state index contributed by atoms with van der Waals surface area (Å²) in [5, 5.41) is 4.13. The monoisotopic (exact) mass is 345 g/mol. The maximum absolute atomic E-state index is 4.33. The molecule has 0 bridgehead atoms. The minimum absolute atomic E-state index is 1.31. The van der Waals surface area contributed by atoms with Gasteiger partial charge in [0.05, 0.1) is 5.82 Å². The summed E-state index contributed by atoms with van der Waals surface area (Å²) in [7, 11) is -1.88. The molecule has 0 radical (unpaired) electrons. The molecule has 3 aromatic carbocycles. The number of hydrogen-bond acceptors (Lipinski definition) is 0. The molecule has 0 aliphatic rings. The lowest BCUT2D eigenvalue weighted by Crippen LogP contribution is -2.30. The Kier molecular flexibility index (Phi) is 4.93. The van der Waals surface area contributed by atoms with Gasteiger partial charge in [0, 0.05) is 0 Å². The Morgan fingerprint density at radius 2 is 1.00 bits per heavy atom. The first kappa shape index (κ1) is 17.6. The van der Waals surface area contributed by atoms with Gasteiger partial charge in [-0.25, -0.2) is 0 Å². The molecule has 0 nitrogen and oxygen atoms in total. The van der Waals surface area contributed by atoms with Crippen molar-refractivity contribution in [2.45, 2.75) is 27.7 Å². The summed E-state index contributed by atoms with van der Waals surface area (Å²) >= 11 is 0. The van der Waals surface area contributed by atoms with Crippen molar-refractivity contribution in [2.75, 3.05) is 0 Å². The van der Waals surface area contributed by atoms with Crippen LogP contribution in [-0.2, 0) is 0 Å². The van der Waals surface area contributed by atoms with Crippen LogP contribution in [0.3, 0.4) is 0 Å². The second-order valence-electron chi connectivity index (χ2n) is 6.93. The number of hydrogen-bond donors (Lipinski definition) is 0. The van der Waals surface area contributed by atoms with Gasteiger partial charge < -0.3 is 0 Å². The van der Waals surface area contributed by atoms with Crippen LogP contribution in [0, 0.1) is 27.7 Å². The largest absolute Gasteiger partial charge is 0.136 e. The van der Waals surface area contributed by atoms with Crippen LogP contribution in [0.4, 0.5) is 0 Å². The second kappa shape index (κ2) is 6.98. The molecule has 0 aromatic heterocycles. The maximum Gasteiger partial charge on any atom is 0.136 e. The molecule has 0 aliphatic heterocycles. The van der Waals surface area contributed by atoms with Crippen LogP contribution >= 0.6 is 7.26 Å². The lowest BCUT2D eigenvalue weighted by Gasteiger charge is -2.25. The highest BCUT2D eigenvalue weighted by Gasteiger charge is 2.43. The van der Waals surface area contributed by atoms with Crippen LogP contribution in [0.5, 0.6) is 0 Å². The average Bonchev–Trinajstić information content (AvgIpc) is 2.55. The minimum Gasteiger partial charge on any atom is -0.0627 e. The van der Waals surface area contributed by atoms with Crippen LogP contribution < -0.4 is 15.9 Å². The van der Waals surface area contributed by atoms with Crippen LogP contribution in [-0.4, -0.2) is 0 Å². The van der Waals surface area contributed by atoms with Crippen molar-refractivity contribution in [1.82, 2.24) is 0 Å². The van der Waals surface area contributed by atoms with Gasteiger partial charge in [-0.3, -0.25) is 0 Å². The summed E-state index contributed by atoms with van der Waals surface area (Å²) < 4.78 is 0. The van der Waals surface area contributed by atoms with E-state index in [0.29, 0.717) is 0 Å². The SMILES string of the molecule is C=C[P+](c1ccccc1)(c1cc(C)cc(C)c1)c1cc(C)cc(C)c1. The normalized spacial score (nSPS) is 11.4. The lowest BCUT2D eigenvalue weighted by molar-refractivity contribution is 1.40. The topological polar surface area (TPSA) is 0 Å².